The van der Waals surface area contributed by atoms with Crippen molar-refractivity contribution in [3.8, 4) is 5.75 Å². The average molecular weight is 286 g/mol. The van der Waals surface area contributed by atoms with Crippen molar-refractivity contribution in [1.82, 2.24) is 15.5 Å². The molecule has 0 atom stereocenters. The SMILES string of the molecule is COc1ccc(C)cc1NC(=O)c1n[nH]c2c1CNCC2. The molecule has 21 heavy (non-hydrogen) atoms. The van der Waals surface area contributed by atoms with Gasteiger partial charge >= 0.3 is 0 Å². The molecule has 3 rings (SSSR count). The van der Waals surface area contributed by atoms with Gasteiger partial charge in [0, 0.05) is 30.8 Å². The largest absolute Gasteiger partial charge is 0.495 e. The number of ether oxygens (including phenoxy) is 1. The molecule has 0 bridgehead atoms. The maximum absolute atomic E-state index is 12.4. The van der Waals surface area contributed by atoms with E-state index in [4.69, 9.17) is 4.74 Å². The van der Waals surface area contributed by atoms with Crippen LogP contribution in [0.25, 0.3) is 0 Å². The Morgan fingerprint density at radius 1 is 1.43 bits per heavy atom. The highest BCUT2D eigenvalue weighted by Crippen LogP contribution is 2.26. The highest BCUT2D eigenvalue weighted by molar-refractivity contribution is 6.04. The molecule has 6 heteroatoms. The zero-order chi connectivity index (χ0) is 14.8. The smallest absolute Gasteiger partial charge is 0.276 e. The fourth-order valence-electron chi connectivity index (χ4n) is 2.51. The first-order chi connectivity index (χ1) is 10.2. The number of carbonyl (C=O) groups excluding carboxylic acids is 1. The lowest BCUT2D eigenvalue weighted by molar-refractivity contribution is 0.102. The van der Waals surface area contributed by atoms with Gasteiger partial charge in [0.25, 0.3) is 5.91 Å². The number of rotatable bonds is 3. The third-order valence-electron chi connectivity index (χ3n) is 3.62. The summed E-state index contributed by atoms with van der Waals surface area (Å²) >= 11 is 0. The molecule has 1 aromatic carbocycles. The predicted octanol–water partition coefficient (Wildman–Crippen LogP) is 1.62. The van der Waals surface area contributed by atoms with Crippen LogP contribution in [0, 0.1) is 6.92 Å². The first-order valence-corrected chi connectivity index (χ1v) is 6.92. The topological polar surface area (TPSA) is 79.0 Å². The average Bonchev–Trinajstić information content (AvgIpc) is 2.91. The van der Waals surface area contributed by atoms with Gasteiger partial charge in [-0.1, -0.05) is 6.07 Å². The summed E-state index contributed by atoms with van der Waals surface area (Å²) in [6, 6.07) is 5.66. The number of hydrogen-bond donors (Lipinski definition) is 3. The van der Waals surface area contributed by atoms with Crippen molar-refractivity contribution in [1.29, 1.82) is 0 Å². The van der Waals surface area contributed by atoms with Crippen LogP contribution in [-0.2, 0) is 13.0 Å². The second-order valence-electron chi connectivity index (χ2n) is 5.11. The summed E-state index contributed by atoms with van der Waals surface area (Å²) in [7, 11) is 1.58. The van der Waals surface area contributed by atoms with Crippen LogP contribution >= 0.6 is 0 Å². The number of methoxy groups -OCH3 is 1. The molecule has 0 fully saturated rings. The van der Waals surface area contributed by atoms with Gasteiger partial charge in [0.05, 0.1) is 12.8 Å². The standard InChI is InChI=1S/C15H18N4O2/c1-9-3-4-13(21-2)12(7-9)17-15(20)14-10-8-16-6-5-11(10)18-19-14/h3-4,7,16H,5-6,8H2,1-2H3,(H,17,20)(H,18,19). The Labute approximate surface area is 122 Å². The van der Waals surface area contributed by atoms with Crippen molar-refractivity contribution in [3.05, 3.63) is 40.7 Å². The minimum atomic E-state index is -0.222. The summed E-state index contributed by atoms with van der Waals surface area (Å²) in [5, 5.41) is 13.2. The Hall–Kier alpha value is -2.34. The van der Waals surface area contributed by atoms with Crippen LogP contribution in [0.15, 0.2) is 18.2 Å². The summed E-state index contributed by atoms with van der Waals surface area (Å²) in [5.74, 6) is 0.413. The third-order valence-corrected chi connectivity index (χ3v) is 3.62. The lowest BCUT2D eigenvalue weighted by Gasteiger charge is -2.14. The molecule has 1 amide bonds. The number of carbonyl (C=O) groups is 1. The molecule has 0 unspecified atom stereocenters. The van der Waals surface area contributed by atoms with E-state index in [9.17, 15) is 4.79 Å². The number of anilines is 1. The fraction of sp³-hybridized carbons (Fsp3) is 0.333. The Kier molecular flexibility index (Phi) is 3.62. The van der Waals surface area contributed by atoms with Crippen LogP contribution < -0.4 is 15.4 Å². The van der Waals surface area contributed by atoms with Crippen LogP contribution in [0.5, 0.6) is 5.75 Å². The van der Waals surface area contributed by atoms with E-state index in [2.05, 4.69) is 20.8 Å². The van der Waals surface area contributed by atoms with E-state index in [1.807, 2.05) is 25.1 Å². The number of benzene rings is 1. The predicted molar refractivity (Wildman–Crippen MR) is 79.7 cm³/mol. The minimum Gasteiger partial charge on any atom is -0.495 e. The fourth-order valence-corrected chi connectivity index (χ4v) is 2.51. The molecule has 110 valence electrons. The summed E-state index contributed by atoms with van der Waals surface area (Å²) in [5.41, 5.74) is 4.14. The zero-order valence-corrected chi connectivity index (χ0v) is 12.1. The number of aryl methyl sites for hydroxylation is 1. The van der Waals surface area contributed by atoms with Crippen molar-refractivity contribution in [2.24, 2.45) is 0 Å². The van der Waals surface area contributed by atoms with Gasteiger partial charge in [-0.25, -0.2) is 0 Å². The Balaban J connectivity index is 1.87. The molecule has 1 aliphatic heterocycles. The monoisotopic (exact) mass is 286 g/mol. The van der Waals surface area contributed by atoms with E-state index in [1.54, 1.807) is 7.11 Å². The molecule has 0 saturated carbocycles. The van der Waals surface area contributed by atoms with Crippen molar-refractivity contribution in [2.45, 2.75) is 19.9 Å². The van der Waals surface area contributed by atoms with Crippen molar-refractivity contribution < 1.29 is 9.53 Å². The van der Waals surface area contributed by atoms with Crippen LogP contribution in [0.3, 0.4) is 0 Å². The second kappa shape index (κ2) is 5.57. The highest BCUT2D eigenvalue weighted by atomic mass is 16.5. The molecule has 3 N–H and O–H groups in total. The van der Waals surface area contributed by atoms with Gasteiger partial charge < -0.3 is 15.4 Å². The van der Waals surface area contributed by atoms with Gasteiger partial charge in [-0.05, 0) is 24.6 Å². The van der Waals surface area contributed by atoms with Crippen molar-refractivity contribution in [3.63, 3.8) is 0 Å². The lowest BCUT2D eigenvalue weighted by Crippen LogP contribution is -2.25. The number of aromatic nitrogens is 2. The first-order valence-electron chi connectivity index (χ1n) is 6.92. The van der Waals surface area contributed by atoms with Crippen molar-refractivity contribution >= 4 is 11.6 Å². The van der Waals surface area contributed by atoms with Crippen molar-refractivity contribution in [2.75, 3.05) is 19.0 Å². The maximum atomic E-state index is 12.4. The number of H-pyrrole nitrogens is 1. The van der Waals surface area contributed by atoms with Gasteiger partial charge in [0.15, 0.2) is 5.69 Å². The molecule has 0 saturated heterocycles. The number of nitrogens with zero attached hydrogens (tertiary/aromatic N) is 1. The highest BCUT2D eigenvalue weighted by Gasteiger charge is 2.22. The van der Waals surface area contributed by atoms with E-state index in [-0.39, 0.29) is 5.91 Å². The molecule has 0 spiro atoms. The molecule has 2 aromatic rings. The lowest BCUT2D eigenvalue weighted by atomic mass is 10.1. The molecule has 0 radical (unpaired) electrons. The Morgan fingerprint density at radius 2 is 2.29 bits per heavy atom. The molecular formula is C15H18N4O2. The summed E-state index contributed by atoms with van der Waals surface area (Å²) in [4.78, 5) is 12.4. The number of fused-ring (bicyclic) bond motifs is 1. The Morgan fingerprint density at radius 3 is 3.10 bits per heavy atom. The van der Waals surface area contributed by atoms with Crippen LogP contribution in [0.2, 0.25) is 0 Å². The second-order valence-corrected chi connectivity index (χ2v) is 5.11. The number of nitrogens with one attached hydrogen (secondary N) is 3. The first kappa shape index (κ1) is 13.6. The molecular weight excluding hydrogens is 268 g/mol. The quantitative estimate of drug-likeness (QED) is 0.801. The maximum Gasteiger partial charge on any atom is 0.276 e. The van der Waals surface area contributed by atoms with Crippen LogP contribution in [-0.4, -0.2) is 29.8 Å². The van der Waals surface area contributed by atoms with Gasteiger partial charge in [-0.3, -0.25) is 9.89 Å². The van der Waals surface area contributed by atoms with Crippen LogP contribution in [0.4, 0.5) is 5.69 Å². The zero-order valence-electron chi connectivity index (χ0n) is 12.1. The van der Waals surface area contributed by atoms with Gasteiger partial charge in [0.1, 0.15) is 5.75 Å². The van der Waals surface area contributed by atoms with Gasteiger partial charge in [-0.2, -0.15) is 5.10 Å². The Bertz CT molecular complexity index is 678. The number of amides is 1. The van der Waals surface area contributed by atoms with Gasteiger partial charge in [0.2, 0.25) is 0 Å². The molecule has 1 aromatic heterocycles. The molecule has 0 aliphatic carbocycles. The number of hydrogen-bond acceptors (Lipinski definition) is 4. The van der Waals surface area contributed by atoms with E-state index in [0.717, 1.165) is 29.8 Å². The molecule has 6 nitrogen and oxygen atoms in total. The summed E-state index contributed by atoms with van der Waals surface area (Å²) in [6.45, 7) is 3.54. The normalized spacial score (nSPS) is 13.6. The van der Waals surface area contributed by atoms with E-state index >= 15 is 0 Å². The van der Waals surface area contributed by atoms with E-state index < -0.39 is 0 Å². The molecule has 1 aliphatic rings. The molecule has 2 heterocycles. The summed E-state index contributed by atoms with van der Waals surface area (Å²) < 4.78 is 5.28. The van der Waals surface area contributed by atoms with E-state index in [1.165, 1.54) is 0 Å². The minimum absolute atomic E-state index is 0.222. The number of aromatic amines is 1. The third kappa shape index (κ3) is 2.62. The van der Waals surface area contributed by atoms with E-state index in [0.29, 0.717) is 23.7 Å². The summed E-state index contributed by atoms with van der Waals surface area (Å²) in [6.07, 6.45) is 0.864. The van der Waals surface area contributed by atoms with Crippen LogP contribution in [0.1, 0.15) is 27.3 Å². The van der Waals surface area contributed by atoms with Gasteiger partial charge in [-0.15, -0.1) is 0 Å².